The van der Waals surface area contributed by atoms with Crippen LogP contribution in [-0.4, -0.2) is 12.1 Å². The number of hydrogen-bond donors (Lipinski definition) is 2. The van der Waals surface area contributed by atoms with Gasteiger partial charge in [0.2, 0.25) is 0 Å². The predicted octanol–water partition coefficient (Wildman–Crippen LogP) is 3.62. The summed E-state index contributed by atoms with van der Waals surface area (Å²) in [6.45, 7) is 3.74. The topological polar surface area (TPSA) is 38.0 Å². The number of rotatable bonds is 3. The van der Waals surface area contributed by atoms with E-state index < -0.39 is 17.3 Å². The van der Waals surface area contributed by atoms with Crippen LogP contribution in [0.1, 0.15) is 19.4 Å². The van der Waals surface area contributed by atoms with Crippen LogP contribution in [0.5, 0.6) is 0 Å². The minimum atomic E-state index is -4.37. The van der Waals surface area contributed by atoms with Crippen LogP contribution in [0, 0.1) is 0 Å². The SMILES string of the molecule is CC(C)(N)CNc1cc(Br)ccc1C(F)(F)F. The molecule has 0 atom stereocenters. The third-order valence-corrected chi connectivity index (χ3v) is 2.51. The zero-order chi connectivity index (χ0) is 13.3. The van der Waals surface area contributed by atoms with Crippen molar-refractivity contribution >= 4 is 21.6 Å². The molecular formula is C11H14BrF3N2. The molecule has 0 saturated heterocycles. The number of halogens is 4. The number of nitrogens with two attached hydrogens (primary N) is 1. The Hall–Kier alpha value is -0.750. The Morgan fingerprint density at radius 1 is 1.29 bits per heavy atom. The summed E-state index contributed by atoms with van der Waals surface area (Å²) < 4.78 is 38.7. The van der Waals surface area contributed by atoms with Gasteiger partial charge < -0.3 is 11.1 Å². The van der Waals surface area contributed by atoms with Crippen LogP contribution in [0.15, 0.2) is 22.7 Å². The van der Waals surface area contributed by atoms with E-state index in [2.05, 4.69) is 21.2 Å². The molecule has 0 spiro atoms. The number of alkyl halides is 3. The van der Waals surface area contributed by atoms with Crippen molar-refractivity contribution in [3.63, 3.8) is 0 Å². The lowest BCUT2D eigenvalue weighted by atomic mass is 10.1. The van der Waals surface area contributed by atoms with Crippen molar-refractivity contribution in [3.05, 3.63) is 28.2 Å². The summed E-state index contributed by atoms with van der Waals surface area (Å²) in [4.78, 5) is 0. The molecule has 3 N–H and O–H groups in total. The summed E-state index contributed by atoms with van der Waals surface area (Å²) in [5.74, 6) is 0. The van der Waals surface area contributed by atoms with Crippen LogP contribution in [0.3, 0.4) is 0 Å². The van der Waals surface area contributed by atoms with E-state index in [-0.39, 0.29) is 12.2 Å². The lowest BCUT2D eigenvalue weighted by Gasteiger charge is -2.22. The molecule has 0 fully saturated rings. The van der Waals surface area contributed by atoms with Crippen molar-refractivity contribution in [2.24, 2.45) is 5.73 Å². The van der Waals surface area contributed by atoms with Crippen molar-refractivity contribution in [2.75, 3.05) is 11.9 Å². The van der Waals surface area contributed by atoms with Crippen LogP contribution >= 0.6 is 15.9 Å². The summed E-state index contributed by atoms with van der Waals surface area (Å²) in [5, 5.41) is 2.73. The monoisotopic (exact) mass is 310 g/mol. The maximum absolute atomic E-state index is 12.7. The van der Waals surface area contributed by atoms with Crippen molar-refractivity contribution < 1.29 is 13.2 Å². The Morgan fingerprint density at radius 3 is 2.35 bits per heavy atom. The lowest BCUT2D eigenvalue weighted by Crippen LogP contribution is -2.39. The van der Waals surface area contributed by atoms with Gasteiger partial charge in [-0.3, -0.25) is 0 Å². The Balaban J connectivity index is 3.00. The van der Waals surface area contributed by atoms with E-state index in [0.29, 0.717) is 4.47 Å². The first kappa shape index (κ1) is 14.3. The first-order valence-corrected chi connectivity index (χ1v) is 5.78. The minimum absolute atomic E-state index is 0.0328. The zero-order valence-electron chi connectivity index (χ0n) is 9.53. The molecule has 0 radical (unpaired) electrons. The van der Waals surface area contributed by atoms with Gasteiger partial charge in [-0.25, -0.2) is 0 Å². The van der Waals surface area contributed by atoms with Gasteiger partial charge in [0.05, 0.1) is 5.56 Å². The average molecular weight is 311 g/mol. The van der Waals surface area contributed by atoms with E-state index >= 15 is 0 Å². The van der Waals surface area contributed by atoms with Crippen molar-refractivity contribution in [2.45, 2.75) is 25.6 Å². The molecular weight excluding hydrogens is 297 g/mol. The van der Waals surface area contributed by atoms with Gasteiger partial charge in [0.25, 0.3) is 0 Å². The third-order valence-electron chi connectivity index (χ3n) is 2.02. The van der Waals surface area contributed by atoms with E-state index in [0.717, 1.165) is 6.07 Å². The molecule has 1 aromatic rings. The van der Waals surface area contributed by atoms with Gasteiger partial charge in [-0.2, -0.15) is 13.2 Å². The highest BCUT2D eigenvalue weighted by atomic mass is 79.9. The molecule has 0 aliphatic rings. The van der Waals surface area contributed by atoms with Gasteiger partial charge in [0.1, 0.15) is 0 Å². The number of anilines is 1. The fourth-order valence-corrected chi connectivity index (χ4v) is 1.59. The zero-order valence-corrected chi connectivity index (χ0v) is 11.1. The van der Waals surface area contributed by atoms with Crippen LogP contribution in [0.25, 0.3) is 0 Å². The molecule has 0 saturated carbocycles. The lowest BCUT2D eigenvalue weighted by molar-refractivity contribution is -0.137. The Bertz CT molecular complexity index is 397. The van der Waals surface area contributed by atoms with E-state index in [9.17, 15) is 13.2 Å². The number of nitrogens with one attached hydrogen (secondary N) is 1. The molecule has 96 valence electrons. The maximum atomic E-state index is 12.7. The number of benzene rings is 1. The van der Waals surface area contributed by atoms with Crippen molar-refractivity contribution in [1.82, 2.24) is 0 Å². The average Bonchev–Trinajstić information content (AvgIpc) is 2.11. The molecule has 0 aliphatic carbocycles. The molecule has 0 amide bonds. The fraction of sp³-hybridized carbons (Fsp3) is 0.455. The molecule has 2 nitrogen and oxygen atoms in total. The highest BCUT2D eigenvalue weighted by molar-refractivity contribution is 9.10. The third kappa shape index (κ3) is 4.55. The first-order valence-electron chi connectivity index (χ1n) is 4.99. The predicted molar refractivity (Wildman–Crippen MR) is 65.9 cm³/mol. The van der Waals surface area contributed by atoms with Gasteiger partial charge in [-0.1, -0.05) is 15.9 Å². The Labute approximate surface area is 107 Å². The summed E-state index contributed by atoms with van der Waals surface area (Å²) in [6.07, 6.45) is -4.37. The second-order valence-electron chi connectivity index (χ2n) is 4.53. The molecule has 0 unspecified atom stereocenters. The van der Waals surface area contributed by atoms with Gasteiger partial charge in [-0.15, -0.1) is 0 Å². The maximum Gasteiger partial charge on any atom is 0.418 e. The molecule has 1 rings (SSSR count). The summed E-state index contributed by atoms with van der Waals surface area (Å²) in [7, 11) is 0. The van der Waals surface area contributed by atoms with Crippen LogP contribution in [0.4, 0.5) is 18.9 Å². The highest BCUT2D eigenvalue weighted by Crippen LogP contribution is 2.36. The molecule has 17 heavy (non-hydrogen) atoms. The minimum Gasteiger partial charge on any atom is -0.383 e. The Morgan fingerprint density at radius 2 is 1.88 bits per heavy atom. The van der Waals surface area contributed by atoms with Gasteiger partial charge in [-0.05, 0) is 32.0 Å². The highest BCUT2D eigenvalue weighted by Gasteiger charge is 2.33. The molecule has 0 bridgehead atoms. The van der Waals surface area contributed by atoms with E-state index in [4.69, 9.17) is 5.73 Å². The molecule has 0 heterocycles. The van der Waals surface area contributed by atoms with Crippen molar-refractivity contribution in [1.29, 1.82) is 0 Å². The van der Waals surface area contributed by atoms with Gasteiger partial charge in [0.15, 0.2) is 0 Å². The molecule has 1 aromatic carbocycles. The molecule has 6 heteroatoms. The van der Waals surface area contributed by atoms with Crippen LogP contribution < -0.4 is 11.1 Å². The largest absolute Gasteiger partial charge is 0.418 e. The second kappa shape index (κ2) is 4.86. The second-order valence-corrected chi connectivity index (χ2v) is 5.45. The standard InChI is InChI=1S/C11H14BrF3N2/c1-10(2,16)6-17-9-5-7(12)3-4-8(9)11(13,14)15/h3-5,17H,6,16H2,1-2H3. The van der Waals surface area contributed by atoms with E-state index in [1.54, 1.807) is 13.8 Å². The summed E-state index contributed by atoms with van der Waals surface area (Å²) in [5.41, 5.74) is 4.49. The first-order chi connectivity index (χ1) is 7.59. The van der Waals surface area contributed by atoms with Crippen LogP contribution in [-0.2, 0) is 6.18 Å². The van der Waals surface area contributed by atoms with E-state index in [1.165, 1.54) is 12.1 Å². The van der Waals surface area contributed by atoms with Crippen LogP contribution in [0.2, 0.25) is 0 Å². The number of hydrogen-bond acceptors (Lipinski definition) is 2. The fourth-order valence-electron chi connectivity index (χ4n) is 1.23. The van der Waals surface area contributed by atoms with Gasteiger partial charge >= 0.3 is 6.18 Å². The van der Waals surface area contributed by atoms with E-state index in [1.807, 2.05) is 0 Å². The summed E-state index contributed by atoms with van der Waals surface area (Å²) >= 11 is 3.14. The Kier molecular flexibility index (Phi) is 4.09. The van der Waals surface area contributed by atoms with Gasteiger partial charge in [0, 0.05) is 22.2 Å². The normalized spacial score (nSPS) is 12.6. The molecule has 0 aromatic heterocycles. The summed E-state index contributed by atoms with van der Waals surface area (Å²) in [6, 6.07) is 3.80. The quantitative estimate of drug-likeness (QED) is 0.895. The smallest absolute Gasteiger partial charge is 0.383 e. The molecule has 0 aliphatic heterocycles. The van der Waals surface area contributed by atoms with Crippen molar-refractivity contribution in [3.8, 4) is 0 Å².